The topological polar surface area (TPSA) is 102 Å². The Labute approximate surface area is 186 Å². The molecule has 0 atom stereocenters. The average Bonchev–Trinajstić information content (AvgIpc) is 3.27. The molecule has 2 aromatic carbocycles. The van der Waals surface area contributed by atoms with Gasteiger partial charge in [-0.05, 0) is 55.8 Å². The first-order valence-corrected chi connectivity index (χ1v) is 11.8. The van der Waals surface area contributed by atoms with Crippen LogP contribution in [0.15, 0.2) is 57.9 Å². The maximum Gasteiger partial charge on any atom is 0.246 e. The number of likely N-dealkylation sites (tertiary alicyclic amines) is 1. The van der Waals surface area contributed by atoms with E-state index in [1.54, 1.807) is 23.1 Å². The molecule has 1 saturated heterocycles. The van der Waals surface area contributed by atoms with E-state index in [0.29, 0.717) is 18.7 Å². The zero-order valence-electron chi connectivity index (χ0n) is 17.9. The van der Waals surface area contributed by atoms with Crippen LogP contribution in [0.1, 0.15) is 30.2 Å². The molecule has 1 aliphatic heterocycles. The monoisotopic (exact) mass is 455 g/mol. The number of carbonyl (C=O) groups is 1. The summed E-state index contributed by atoms with van der Waals surface area (Å²) in [7, 11) is -0.935. The maximum absolute atomic E-state index is 12.7. The van der Waals surface area contributed by atoms with Crippen molar-refractivity contribution in [3.05, 3.63) is 60.0 Å². The van der Waals surface area contributed by atoms with Crippen LogP contribution in [0.25, 0.3) is 17.2 Å². The van der Waals surface area contributed by atoms with Gasteiger partial charge >= 0.3 is 0 Å². The Morgan fingerprint density at radius 3 is 2.66 bits per heavy atom. The van der Waals surface area contributed by atoms with Crippen LogP contribution in [-0.4, -0.2) is 51.5 Å². The van der Waals surface area contributed by atoms with Crippen LogP contribution in [0.3, 0.4) is 0 Å². The number of benzene rings is 2. The summed E-state index contributed by atoms with van der Waals surface area (Å²) in [4.78, 5) is 19.1. The van der Waals surface area contributed by atoms with Crippen molar-refractivity contribution in [1.29, 1.82) is 0 Å². The zero-order valence-corrected chi connectivity index (χ0v) is 18.8. The van der Waals surface area contributed by atoms with E-state index in [1.807, 2.05) is 24.3 Å². The molecular formula is C23H25N3O5S. The molecule has 0 aliphatic carbocycles. The van der Waals surface area contributed by atoms with Gasteiger partial charge in [0.25, 0.3) is 0 Å². The Bertz CT molecular complexity index is 1220. The van der Waals surface area contributed by atoms with E-state index in [4.69, 9.17) is 9.15 Å². The van der Waals surface area contributed by atoms with Crippen molar-refractivity contribution in [2.75, 3.05) is 27.2 Å². The van der Waals surface area contributed by atoms with Crippen LogP contribution >= 0.6 is 0 Å². The molecule has 0 spiro atoms. The summed E-state index contributed by atoms with van der Waals surface area (Å²) in [5.74, 6) is 1.04. The Balaban J connectivity index is 1.41. The number of hydrogen-bond donors (Lipinski definition) is 1. The second-order valence-electron chi connectivity index (χ2n) is 7.57. The average molecular weight is 456 g/mol. The van der Waals surface area contributed by atoms with Crippen LogP contribution in [0.5, 0.6) is 5.75 Å². The Hall–Kier alpha value is -3.17. The number of oxazole rings is 1. The number of rotatable bonds is 6. The number of sulfonamides is 1. The number of aromatic nitrogens is 1. The molecule has 1 aliphatic rings. The van der Waals surface area contributed by atoms with Gasteiger partial charge < -0.3 is 14.1 Å². The van der Waals surface area contributed by atoms with Gasteiger partial charge in [-0.1, -0.05) is 18.2 Å². The normalized spacial score (nSPS) is 15.5. The van der Waals surface area contributed by atoms with Crippen LogP contribution < -0.4 is 9.46 Å². The van der Waals surface area contributed by atoms with E-state index in [-0.39, 0.29) is 22.5 Å². The first-order valence-electron chi connectivity index (χ1n) is 10.4. The molecule has 0 radical (unpaired) electrons. The van der Waals surface area contributed by atoms with Gasteiger partial charge in [-0.15, -0.1) is 0 Å². The highest BCUT2D eigenvalue weighted by Crippen LogP contribution is 2.30. The van der Waals surface area contributed by atoms with Crippen molar-refractivity contribution in [3.63, 3.8) is 0 Å². The van der Waals surface area contributed by atoms with Gasteiger partial charge in [0.05, 0.1) is 7.11 Å². The molecule has 8 nitrogen and oxygen atoms in total. The molecule has 168 valence electrons. The molecule has 1 amide bonds. The van der Waals surface area contributed by atoms with Gasteiger partial charge in [0.1, 0.15) is 16.2 Å². The van der Waals surface area contributed by atoms with Crippen LogP contribution in [0.2, 0.25) is 0 Å². The predicted molar refractivity (Wildman–Crippen MR) is 121 cm³/mol. The predicted octanol–water partition coefficient (Wildman–Crippen LogP) is 3.16. The van der Waals surface area contributed by atoms with Gasteiger partial charge in [-0.2, -0.15) is 0 Å². The smallest absolute Gasteiger partial charge is 0.246 e. The molecule has 32 heavy (non-hydrogen) atoms. The summed E-state index contributed by atoms with van der Waals surface area (Å²) in [5.41, 5.74) is 2.22. The molecule has 1 aromatic heterocycles. The van der Waals surface area contributed by atoms with Crippen molar-refractivity contribution < 1.29 is 22.4 Å². The fourth-order valence-electron chi connectivity index (χ4n) is 3.80. The summed E-state index contributed by atoms with van der Waals surface area (Å²) < 4.78 is 37.7. The highest BCUT2D eigenvalue weighted by Gasteiger charge is 2.26. The SMILES string of the molecule is CNS(=O)(=O)c1cc(C=CC(=O)N2CCC(c3nc4ccccc4o3)CC2)ccc1OC. The van der Waals surface area contributed by atoms with Gasteiger partial charge in [0, 0.05) is 25.1 Å². The van der Waals surface area contributed by atoms with Crippen molar-refractivity contribution in [2.24, 2.45) is 0 Å². The number of piperidine rings is 1. The fraction of sp³-hybridized carbons (Fsp3) is 0.304. The third kappa shape index (κ3) is 4.53. The zero-order chi connectivity index (χ0) is 22.7. The molecule has 0 unspecified atom stereocenters. The van der Waals surface area contributed by atoms with Crippen LogP contribution in [0.4, 0.5) is 0 Å². The Morgan fingerprint density at radius 1 is 1.22 bits per heavy atom. The summed E-state index contributed by atoms with van der Waals surface area (Å²) >= 11 is 0. The number of nitrogens with one attached hydrogen (secondary N) is 1. The van der Waals surface area contributed by atoms with Gasteiger partial charge in [0.2, 0.25) is 15.9 Å². The number of fused-ring (bicyclic) bond motifs is 1. The molecule has 4 rings (SSSR count). The molecule has 9 heteroatoms. The number of carbonyl (C=O) groups excluding carboxylic acids is 1. The highest BCUT2D eigenvalue weighted by molar-refractivity contribution is 7.89. The molecule has 0 saturated carbocycles. The third-order valence-corrected chi connectivity index (χ3v) is 7.07. The lowest BCUT2D eigenvalue weighted by Crippen LogP contribution is -2.36. The lowest BCUT2D eigenvalue weighted by atomic mass is 9.96. The number of amides is 1. The minimum atomic E-state index is -3.68. The molecule has 3 aromatic rings. The van der Waals surface area contributed by atoms with Crippen LogP contribution in [-0.2, 0) is 14.8 Å². The van der Waals surface area contributed by atoms with Gasteiger partial charge in [-0.3, -0.25) is 4.79 Å². The van der Waals surface area contributed by atoms with E-state index >= 15 is 0 Å². The van der Waals surface area contributed by atoms with Crippen molar-refractivity contribution in [2.45, 2.75) is 23.7 Å². The summed E-state index contributed by atoms with van der Waals surface area (Å²) in [6, 6.07) is 12.4. The van der Waals surface area contributed by atoms with E-state index in [9.17, 15) is 13.2 Å². The molecular weight excluding hydrogens is 430 g/mol. The van der Waals surface area contributed by atoms with E-state index in [2.05, 4.69) is 9.71 Å². The quantitative estimate of drug-likeness (QED) is 0.573. The molecule has 1 fully saturated rings. The molecule has 1 N–H and O–H groups in total. The maximum atomic E-state index is 12.7. The second kappa shape index (κ2) is 9.13. The number of para-hydroxylation sites is 2. The number of nitrogens with zero attached hydrogens (tertiary/aromatic N) is 2. The van der Waals surface area contributed by atoms with Crippen molar-refractivity contribution in [3.8, 4) is 5.75 Å². The second-order valence-corrected chi connectivity index (χ2v) is 9.43. The van der Waals surface area contributed by atoms with E-state index < -0.39 is 10.0 Å². The highest BCUT2D eigenvalue weighted by atomic mass is 32.2. The standard InChI is InChI=1S/C23H25N3O5S/c1-24-32(28,29)21-15-16(7-9-20(21)30-2)8-10-22(27)26-13-11-17(12-14-26)23-25-18-5-3-4-6-19(18)31-23/h3-10,15,17,24H,11-14H2,1-2H3. The minimum absolute atomic E-state index is 0.0243. The Morgan fingerprint density at radius 2 is 1.97 bits per heavy atom. The lowest BCUT2D eigenvalue weighted by Gasteiger charge is -2.29. The largest absolute Gasteiger partial charge is 0.495 e. The van der Waals surface area contributed by atoms with Gasteiger partial charge in [-0.25, -0.2) is 18.1 Å². The third-order valence-electron chi connectivity index (χ3n) is 5.63. The summed E-state index contributed by atoms with van der Waals surface area (Å²) in [6.07, 6.45) is 4.64. The lowest BCUT2D eigenvalue weighted by molar-refractivity contribution is -0.127. The summed E-state index contributed by atoms with van der Waals surface area (Å²) in [6.45, 7) is 1.21. The van der Waals surface area contributed by atoms with E-state index in [1.165, 1.54) is 26.3 Å². The number of ether oxygens (including phenoxy) is 1. The fourth-order valence-corrected chi connectivity index (χ4v) is 4.73. The molecule has 2 heterocycles. The minimum Gasteiger partial charge on any atom is -0.495 e. The summed E-state index contributed by atoms with van der Waals surface area (Å²) in [5, 5.41) is 0. The Kier molecular flexibility index (Phi) is 6.29. The molecule has 0 bridgehead atoms. The number of methoxy groups -OCH3 is 1. The van der Waals surface area contributed by atoms with Crippen LogP contribution in [0, 0.1) is 0 Å². The first kappa shape index (κ1) is 22.0. The van der Waals surface area contributed by atoms with Crippen molar-refractivity contribution >= 4 is 33.1 Å². The van der Waals surface area contributed by atoms with Gasteiger partial charge in [0.15, 0.2) is 11.5 Å². The van der Waals surface area contributed by atoms with Crippen molar-refractivity contribution in [1.82, 2.24) is 14.6 Å². The van der Waals surface area contributed by atoms with E-state index in [0.717, 1.165) is 29.8 Å². The number of hydrogen-bond acceptors (Lipinski definition) is 6. The first-order chi connectivity index (χ1) is 15.4.